The molecule has 1 aliphatic carbocycles. The number of alkyl carbamates (subject to hydrolysis) is 1. The van der Waals surface area contributed by atoms with Crippen LogP contribution in [0, 0.1) is 5.92 Å². The first-order chi connectivity index (χ1) is 12.2. The molecule has 1 aliphatic heterocycles. The predicted molar refractivity (Wildman–Crippen MR) is 99.1 cm³/mol. The lowest BCUT2D eigenvalue weighted by atomic mass is 10.2. The van der Waals surface area contributed by atoms with Gasteiger partial charge in [-0.15, -0.1) is 11.3 Å². The summed E-state index contributed by atoms with van der Waals surface area (Å²) in [6.45, 7) is 6.10. The van der Waals surface area contributed by atoms with E-state index in [1.54, 1.807) is 18.3 Å². The Bertz CT molecular complexity index is 581. The zero-order valence-corrected chi connectivity index (χ0v) is 15.4. The molecule has 1 saturated carbocycles. The number of piperazine rings is 1. The highest BCUT2D eigenvalue weighted by molar-refractivity contribution is 7.13. The molecule has 1 amide bonds. The second-order valence-corrected chi connectivity index (χ2v) is 7.17. The average Bonchev–Trinajstić information content (AvgIpc) is 3.32. The first kappa shape index (κ1) is 17.8. The number of amides is 1. The lowest BCUT2D eigenvalue weighted by Gasteiger charge is -2.35. The standard InChI is InChI=1S/C16H26N6O2S/c1-2-24-16(23)20-13(12-3-4-12)11-19-14(17)21-6-8-22(9-7-21)15-18-5-10-25-15/h5,10,12-13H,2-4,6-9,11H2,1H3,(H2,17,19)(H,20,23). The number of nitrogens with two attached hydrogens (primary N) is 1. The molecule has 8 nitrogen and oxygen atoms in total. The summed E-state index contributed by atoms with van der Waals surface area (Å²) in [6, 6.07) is 0.00853. The van der Waals surface area contributed by atoms with E-state index in [-0.39, 0.29) is 12.1 Å². The Hall–Kier alpha value is -2.03. The van der Waals surface area contributed by atoms with Gasteiger partial charge in [0.1, 0.15) is 0 Å². The maximum atomic E-state index is 11.6. The monoisotopic (exact) mass is 366 g/mol. The maximum Gasteiger partial charge on any atom is 0.407 e. The van der Waals surface area contributed by atoms with Gasteiger partial charge in [-0.25, -0.2) is 9.78 Å². The lowest BCUT2D eigenvalue weighted by Crippen LogP contribution is -2.51. The van der Waals surface area contributed by atoms with E-state index in [1.807, 2.05) is 11.6 Å². The Morgan fingerprint density at radius 1 is 1.48 bits per heavy atom. The molecule has 9 heteroatoms. The van der Waals surface area contributed by atoms with E-state index in [4.69, 9.17) is 10.5 Å². The van der Waals surface area contributed by atoms with Crippen LogP contribution >= 0.6 is 11.3 Å². The molecule has 2 fully saturated rings. The van der Waals surface area contributed by atoms with Gasteiger partial charge in [0.25, 0.3) is 0 Å². The van der Waals surface area contributed by atoms with Crippen molar-refractivity contribution in [2.24, 2.45) is 16.6 Å². The van der Waals surface area contributed by atoms with Crippen molar-refractivity contribution in [3.05, 3.63) is 11.6 Å². The summed E-state index contributed by atoms with van der Waals surface area (Å²) in [5.41, 5.74) is 6.17. The maximum absolute atomic E-state index is 11.6. The molecular formula is C16H26N6O2S. The predicted octanol–water partition coefficient (Wildman–Crippen LogP) is 1.10. The largest absolute Gasteiger partial charge is 0.450 e. The molecule has 1 saturated heterocycles. The van der Waals surface area contributed by atoms with E-state index in [9.17, 15) is 4.79 Å². The number of thiazole rings is 1. The number of nitrogens with one attached hydrogen (secondary N) is 1. The van der Waals surface area contributed by atoms with Crippen LogP contribution in [0.15, 0.2) is 16.6 Å². The van der Waals surface area contributed by atoms with Gasteiger partial charge >= 0.3 is 6.09 Å². The Labute approximate surface area is 152 Å². The molecule has 1 unspecified atom stereocenters. The fraction of sp³-hybridized carbons (Fsp3) is 0.688. The van der Waals surface area contributed by atoms with E-state index >= 15 is 0 Å². The second kappa shape index (κ2) is 8.37. The lowest BCUT2D eigenvalue weighted by molar-refractivity contribution is 0.147. The van der Waals surface area contributed by atoms with Crippen molar-refractivity contribution >= 4 is 28.5 Å². The molecule has 1 aromatic rings. The highest BCUT2D eigenvalue weighted by Gasteiger charge is 2.32. The van der Waals surface area contributed by atoms with Gasteiger partial charge in [-0.2, -0.15) is 0 Å². The summed E-state index contributed by atoms with van der Waals surface area (Å²) in [6.07, 6.45) is 3.71. The SMILES string of the molecule is CCOC(=O)NC(CN=C(N)N1CCN(c2nccs2)CC1)C1CC1. The second-order valence-electron chi connectivity index (χ2n) is 6.30. The highest BCUT2D eigenvalue weighted by atomic mass is 32.1. The number of carbonyl (C=O) groups is 1. The number of rotatable bonds is 6. The van der Waals surface area contributed by atoms with Gasteiger partial charge < -0.3 is 25.6 Å². The van der Waals surface area contributed by atoms with E-state index in [0.29, 0.717) is 25.0 Å². The fourth-order valence-corrected chi connectivity index (χ4v) is 3.62. The molecule has 138 valence electrons. The third kappa shape index (κ3) is 4.97. The summed E-state index contributed by atoms with van der Waals surface area (Å²) >= 11 is 1.66. The zero-order chi connectivity index (χ0) is 17.6. The summed E-state index contributed by atoms with van der Waals surface area (Å²) in [5, 5.41) is 5.96. The Morgan fingerprint density at radius 2 is 2.24 bits per heavy atom. The first-order valence-electron chi connectivity index (χ1n) is 8.80. The van der Waals surface area contributed by atoms with Crippen LogP contribution in [-0.2, 0) is 4.74 Å². The number of carbonyl (C=O) groups excluding carboxylic acids is 1. The van der Waals surface area contributed by atoms with Crippen LogP contribution in [0.5, 0.6) is 0 Å². The van der Waals surface area contributed by atoms with Crippen LogP contribution in [0.25, 0.3) is 0 Å². The van der Waals surface area contributed by atoms with Crippen LogP contribution in [0.4, 0.5) is 9.93 Å². The van der Waals surface area contributed by atoms with E-state index < -0.39 is 0 Å². The van der Waals surface area contributed by atoms with E-state index in [1.165, 1.54) is 0 Å². The topological polar surface area (TPSA) is 96.1 Å². The molecule has 25 heavy (non-hydrogen) atoms. The molecule has 0 spiro atoms. The Kier molecular flexibility index (Phi) is 5.95. The molecule has 3 rings (SSSR count). The van der Waals surface area contributed by atoms with Crippen molar-refractivity contribution in [2.75, 3.05) is 44.2 Å². The van der Waals surface area contributed by atoms with Crippen molar-refractivity contribution in [2.45, 2.75) is 25.8 Å². The number of hydrogen-bond donors (Lipinski definition) is 2. The normalized spacial score (nSPS) is 19.6. The molecule has 2 aliphatic rings. The van der Waals surface area contributed by atoms with Gasteiger partial charge in [-0.1, -0.05) is 0 Å². The van der Waals surface area contributed by atoms with Crippen molar-refractivity contribution < 1.29 is 9.53 Å². The summed E-state index contributed by atoms with van der Waals surface area (Å²) in [5.74, 6) is 1.04. The number of nitrogens with zero attached hydrogens (tertiary/aromatic N) is 4. The van der Waals surface area contributed by atoms with Crippen LogP contribution < -0.4 is 16.0 Å². The average molecular weight is 366 g/mol. The minimum absolute atomic E-state index is 0.00853. The van der Waals surface area contributed by atoms with Gasteiger partial charge in [0.15, 0.2) is 11.1 Å². The minimum atomic E-state index is -0.370. The zero-order valence-electron chi connectivity index (χ0n) is 14.6. The van der Waals surface area contributed by atoms with Crippen LogP contribution in [0.3, 0.4) is 0 Å². The molecule has 0 bridgehead atoms. The van der Waals surface area contributed by atoms with Gasteiger partial charge in [0.2, 0.25) is 0 Å². The summed E-state index contributed by atoms with van der Waals surface area (Å²) in [7, 11) is 0. The molecule has 0 radical (unpaired) electrons. The number of anilines is 1. The van der Waals surface area contributed by atoms with Crippen LogP contribution in [0.1, 0.15) is 19.8 Å². The smallest absolute Gasteiger partial charge is 0.407 e. The molecule has 1 aromatic heterocycles. The third-order valence-corrected chi connectivity index (χ3v) is 5.35. The first-order valence-corrected chi connectivity index (χ1v) is 9.68. The van der Waals surface area contributed by atoms with Crippen LogP contribution in [-0.4, -0.2) is 67.3 Å². The quantitative estimate of drug-likeness (QED) is 0.578. The van der Waals surface area contributed by atoms with E-state index in [0.717, 1.165) is 44.2 Å². The van der Waals surface area contributed by atoms with E-state index in [2.05, 4.69) is 25.1 Å². The molecule has 0 aromatic carbocycles. The highest BCUT2D eigenvalue weighted by Crippen LogP contribution is 2.32. The van der Waals surface area contributed by atoms with Gasteiger partial charge in [-0.3, -0.25) is 4.99 Å². The Morgan fingerprint density at radius 3 is 2.84 bits per heavy atom. The van der Waals surface area contributed by atoms with Gasteiger partial charge in [0, 0.05) is 37.8 Å². The molecule has 1 atom stereocenters. The van der Waals surface area contributed by atoms with Crippen LogP contribution in [0.2, 0.25) is 0 Å². The fourth-order valence-electron chi connectivity index (χ4n) is 2.93. The Balaban J connectivity index is 1.48. The number of guanidine groups is 1. The van der Waals surface area contributed by atoms with Crippen molar-refractivity contribution in [3.63, 3.8) is 0 Å². The molecule has 3 N–H and O–H groups in total. The van der Waals surface area contributed by atoms with Crippen molar-refractivity contribution in [3.8, 4) is 0 Å². The third-order valence-electron chi connectivity index (χ3n) is 4.51. The summed E-state index contributed by atoms with van der Waals surface area (Å²) < 4.78 is 4.97. The number of ether oxygens (including phenoxy) is 1. The number of aromatic nitrogens is 1. The minimum Gasteiger partial charge on any atom is -0.450 e. The molecular weight excluding hydrogens is 340 g/mol. The van der Waals surface area contributed by atoms with Crippen molar-refractivity contribution in [1.29, 1.82) is 0 Å². The summed E-state index contributed by atoms with van der Waals surface area (Å²) in [4.78, 5) is 24.9. The number of aliphatic imine (C=N–C) groups is 1. The van der Waals surface area contributed by atoms with Crippen molar-refractivity contribution in [1.82, 2.24) is 15.2 Å². The van der Waals surface area contributed by atoms with Gasteiger partial charge in [-0.05, 0) is 25.7 Å². The van der Waals surface area contributed by atoms with Gasteiger partial charge in [0.05, 0.1) is 19.2 Å². The number of hydrogen-bond acceptors (Lipinski definition) is 6. The molecule has 2 heterocycles.